The number of anilines is 1. The standard InChI is InChI=1S/C24H28N4O4/c29-24(25-18-6-7-18)21-15-17-14-19(28(30)31)8-9-22(17)27-11-10-26(16-23(21)27)12-13-32-20-4-2-1-3-5-20/h1-5,8-9,14,18,21,23H,6-7,10-13,15-16H2,(H,25,29)/t21-,23+/m1/s1. The summed E-state index contributed by atoms with van der Waals surface area (Å²) in [6, 6.07) is 15.2. The van der Waals surface area contributed by atoms with E-state index in [9.17, 15) is 14.9 Å². The molecule has 2 fully saturated rings. The average Bonchev–Trinajstić information content (AvgIpc) is 3.62. The molecule has 8 nitrogen and oxygen atoms in total. The van der Waals surface area contributed by atoms with Gasteiger partial charge < -0.3 is 15.0 Å². The predicted molar refractivity (Wildman–Crippen MR) is 121 cm³/mol. The second kappa shape index (κ2) is 8.78. The van der Waals surface area contributed by atoms with Crippen LogP contribution in [0.3, 0.4) is 0 Å². The maximum Gasteiger partial charge on any atom is 0.269 e. The average molecular weight is 437 g/mol. The number of piperazine rings is 1. The summed E-state index contributed by atoms with van der Waals surface area (Å²) in [7, 11) is 0. The number of nitrogens with one attached hydrogen (secondary N) is 1. The van der Waals surface area contributed by atoms with Gasteiger partial charge in [0.15, 0.2) is 0 Å². The molecule has 8 heteroatoms. The number of nitro benzene ring substituents is 1. The number of non-ortho nitro benzene ring substituents is 1. The summed E-state index contributed by atoms with van der Waals surface area (Å²) in [6.45, 7) is 3.81. The van der Waals surface area contributed by atoms with Crippen LogP contribution >= 0.6 is 0 Å². The SMILES string of the molecule is O=C(NC1CC1)[C@@H]1Cc2cc([N+](=O)[O-])ccc2N2CCN(CCOc3ccccc3)C[C@@H]12. The molecule has 0 spiro atoms. The highest BCUT2D eigenvalue weighted by molar-refractivity contribution is 5.82. The maximum absolute atomic E-state index is 13.1. The van der Waals surface area contributed by atoms with Crippen LogP contribution in [0, 0.1) is 16.0 Å². The number of para-hydroxylation sites is 1. The number of carbonyl (C=O) groups is 1. The van der Waals surface area contributed by atoms with E-state index in [0.29, 0.717) is 19.1 Å². The van der Waals surface area contributed by atoms with Crippen molar-refractivity contribution in [3.05, 3.63) is 64.2 Å². The summed E-state index contributed by atoms with van der Waals surface area (Å²) in [6.07, 6.45) is 2.61. The van der Waals surface area contributed by atoms with Gasteiger partial charge in [-0.2, -0.15) is 0 Å². The second-order valence-corrected chi connectivity index (χ2v) is 8.89. The summed E-state index contributed by atoms with van der Waals surface area (Å²) >= 11 is 0. The van der Waals surface area contributed by atoms with Crippen molar-refractivity contribution in [2.24, 2.45) is 5.92 Å². The highest BCUT2D eigenvalue weighted by Crippen LogP contribution is 2.38. The van der Waals surface area contributed by atoms with E-state index >= 15 is 0 Å². The quantitative estimate of drug-likeness (QED) is 0.530. The van der Waals surface area contributed by atoms with Crippen molar-refractivity contribution in [2.45, 2.75) is 31.3 Å². The van der Waals surface area contributed by atoms with Crippen LogP contribution in [-0.4, -0.2) is 60.6 Å². The van der Waals surface area contributed by atoms with Gasteiger partial charge in [-0.15, -0.1) is 0 Å². The zero-order chi connectivity index (χ0) is 22.1. The number of amides is 1. The molecule has 0 radical (unpaired) electrons. The Kier molecular flexibility index (Phi) is 5.70. The fourth-order valence-corrected chi connectivity index (χ4v) is 4.83. The first-order valence-electron chi connectivity index (χ1n) is 11.3. The minimum absolute atomic E-state index is 0.0492. The monoisotopic (exact) mass is 436 g/mol. The van der Waals surface area contributed by atoms with Crippen molar-refractivity contribution in [1.29, 1.82) is 0 Å². The molecule has 0 aromatic heterocycles. The molecule has 1 aliphatic carbocycles. The molecule has 0 unspecified atom stereocenters. The van der Waals surface area contributed by atoms with Gasteiger partial charge in [0.25, 0.3) is 5.69 Å². The molecule has 1 saturated heterocycles. The molecule has 1 amide bonds. The number of ether oxygens (including phenoxy) is 1. The topological polar surface area (TPSA) is 87.9 Å². The molecule has 1 N–H and O–H groups in total. The van der Waals surface area contributed by atoms with Crippen molar-refractivity contribution in [2.75, 3.05) is 37.7 Å². The second-order valence-electron chi connectivity index (χ2n) is 8.89. The minimum atomic E-state index is -0.365. The molecule has 2 heterocycles. The molecular weight excluding hydrogens is 408 g/mol. The lowest BCUT2D eigenvalue weighted by molar-refractivity contribution is -0.384. The van der Waals surface area contributed by atoms with Gasteiger partial charge in [0.05, 0.1) is 16.9 Å². The molecule has 2 aliphatic heterocycles. The van der Waals surface area contributed by atoms with E-state index in [2.05, 4.69) is 15.1 Å². The number of carbonyl (C=O) groups excluding carboxylic acids is 1. The Morgan fingerprint density at radius 1 is 1.16 bits per heavy atom. The predicted octanol–water partition coefficient (Wildman–Crippen LogP) is 2.62. The summed E-state index contributed by atoms with van der Waals surface area (Å²) in [4.78, 5) is 28.7. The van der Waals surface area contributed by atoms with Crippen LogP contribution < -0.4 is 15.0 Å². The zero-order valence-corrected chi connectivity index (χ0v) is 18.0. The Balaban J connectivity index is 1.31. The number of fused-ring (bicyclic) bond motifs is 3. The normalized spacial score (nSPS) is 22.6. The van der Waals surface area contributed by atoms with Crippen LogP contribution in [0.2, 0.25) is 0 Å². The number of nitrogens with zero attached hydrogens (tertiary/aromatic N) is 3. The molecule has 2 atom stereocenters. The number of benzene rings is 2. The summed E-state index contributed by atoms with van der Waals surface area (Å²) < 4.78 is 5.87. The van der Waals surface area contributed by atoms with Gasteiger partial charge in [-0.1, -0.05) is 18.2 Å². The van der Waals surface area contributed by atoms with Crippen molar-refractivity contribution in [3.8, 4) is 5.75 Å². The molecule has 32 heavy (non-hydrogen) atoms. The third-order valence-corrected chi connectivity index (χ3v) is 6.67. The molecule has 0 bridgehead atoms. The first-order valence-corrected chi connectivity index (χ1v) is 11.3. The van der Waals surface area contributed by atoms with E-state index in [4.69, 9.17) is 4.74 Å². The van der Waals surface area contributed by atoms with Crippen molar-refractivity contribution < 1.29 is 14.5 Å². The highest BCUT2D eigenvalue weighted by Gasteiger charge is 2.42. The van der Waals surface area contributed by atoms with Gasteiger partial charge in [0.2, 0.25) is 5.91 Å². The lowest BCUT2D eigenvalue weighted by Crippen LogP contribution is -2.61. The van der Waals surface area contributed by atoms with E-state index < -0.39 is 0 Å². The first kappa shape index (κ1) is 20.8. The Hall–Kier alpha value is -3.13. The van der Waals surface area contributed by atoms with Gasteiger partial charge >= 0.3 is 0 Å². The van der Waals surface area contributed by atoms with Gasteiger partial charge in [-0.25, -0.2) is 0 Å². The van der Waals surface area contributed by atoms with Gasteiger partial charge in [-0.3, -0.25) is 19.8 Å². The summed E-state index contributed by atoms with van der Waals surface area (Å²) in [5.41, 5.74) is 2.00. The van der Waals surface area contributed by atoms with Crippen LogP contribution in [0.1, 0.15) is 18.4 Å². The van der Waals surface area contributed by atoms with Crippen LogP contribution in [0.15, 0.2) is 48.5 Å². The minimum Gasteiger partial charge on any atom is -0.492 e. The third-order valence-electron chi connectivity index (χ3n) is 6.67. The highest BCUT2D eigenvalue weighted by atomic mass is 16.6. The Morgan fingerprint density at radius 2 is 1.97 bits per heavy atom. The smallest absolute Gasteiger partial charge is 0.269 e. The van der Waals surface area contributed by atoms with E-state index in [1.165, 1.54) is 0 Å². The zero-order valence-electron chi connectivity index (χ0n) is 18.0. The van der Waals surface area contributed by atoms with E-state index in [1.54, 1.807) is 12.1 Å². The summed E-state index contributed by atoms with van der Waals surface area (Å²) in [5.74, 6) is 0.714. The van der Waals surface area contributed by atoms with E-state index in [0.717, 1.165) is 56.0 Å². The van der Waals surface area contributed by atoms with Gasteiger partial charge in [-0.05, 0) is 43.0 Å². The fraction of sp³-hybridized carbons (Fsp3) is 0.458. The summed E-state index contributed by atoms with van der Waals surface area (Å²) in [5, 5.41) is 14.4. The Labute approximate surface area is 187 Å². The molecular formula is C24H28N4O4. The van der Waals surface area contributed by atoms with Crippen molar-refractivity contribution in [3.63, 3.8) is 0 Å². The van der Waals surface area contributed by atoms with Crippen LogP contribution in [0.5, 0.6) is 5.75 Å². The lowest BCUT2D eigenvalue weighted by atomic mass is 9.83. The number of hydrogen-bond acceptors (Lipinski definition) is 6. The fourth-order valence-electron chi connectivity index (χ4n) is 4.83. The van der Waals surface area contributed by atoms with Crippen LogP contribution in [-0.2, 0) is 11.2 Å². The number of nitro groups is 1. The largest absolute Gasteiger partial charge is 0.492 e. The first-order chi connectivity index (χ1) is 15.6. The molecule has 1 saturated carbocycles. The third kappa shape index (κ3) is 4.41. The van der Waals surface area contributed by atoms with Gasteiger partial charge in [0.1, 0.15) is 12.4 Å². The Morgan fingerprint density at radius 3 is 2.72 bits per heavy atom. The van der Waals surface area contributed by atoms with Crippen molar-refractivity contribution >= 4 is 17.3 Å². The molecule has 2 aromatic carbocycles. The number of rotatable bonds is 7. The van der Waals surface area contributed by atoms with Crippen LogP contribution in [0.4, 0.5) is 11.4 Å². The molecule has 3 aliphatic rings. The van der Waals surface area contributed by atoms with Crippen LogP contribution in [0.25, 0.3) is 0 Å². The molecule has 2 aromatic rings. The maximum atomic E-state index is 13.1. The molecule has 5 rings (SSSR count). The number of hydrogen-bond donors (Lipinski definition) is 1. The lowest BCUT2D eigenvalue weighted by Gasteiger charge is -2.49. The van der Waals surface area contributed by atoms with Gasteiger partial charge in [0, 0.05) is 50.0 Å². The van der Waals surface area contributed by atoms with E-state index in [1.807, 2.05) is 36.4 Å². The molecule has 168 valence electrons. The Bertz CT molecular complexity index is 995. The van der Waals surface area contributed by atoms with E-state index in [-0.39, 0.29) is 28.5 Å². The van der Waals surface area contributed by atoms with Crippen molar-refractivity contribution in [1.82, 2.24) is 10.2 Å².